The number of rotatable bonds is 5. The van der Waals surface area contributed by atoms with Gasteiger partial charge in [0.05, 0.1) is 5.69 Å². The first kappa shape index (κ1) is 12.4. The lowest BCUT2D eigenvalue weighted by atomic mass is 10.0. The standard InChI is InChI=1S/C13H23N3O/c1-4-7-14-9-11-10-17-12(15-11)16-8-5-6-13(16,2)3/h10,14H,4-9H2,1-3H3. The number of aromatic nitrogens is 1. The Hall–Kier alpha value is -1.03. The molecule has 17 heavy (non-hydrogen) atoms. The van der Waals surface area contributed by atoms with Crippen LogP contribution in [0.5, 0.6) is 0 Å². The number of hydrogen-bond donors (Lipinski definition) is 1. The van der Waals surface area contributed by atoms with Crippen molar-refractivity contribution in [1.82, 2.24) is 10.3 Å². The first-order chi connectivity index (χ1) is 8.13. The van der Waals surface area contributed by atoms with Crippen LogP contribution in [0.15, 0.2) is 10.7 Å². The Morgan fingerprint density at radius 3 is 3.00 bits per heavy atom. The predicted molar refractivity (Wildman–Crippen MR) is 69.2 cm³/mol. The van der Waals surface area contributed by atoms with E-state index in [1.54, 1.807) is 6.26 Å². The normalized spacial score (nSPS) is 18.9. The van der Waals surface area contributed by atoms with Gasteiger partial charge in [-0.15, -0.1) is 0 Å². The van der Waals surface area contributed by atoms with Gasteiger partial charge in [0.25, 0.3) is 6.01 Å². The average Bonchev–Trinajstić information content (AvgIpc) is 2.85. The van der Waals surface area contributed by atoms with Crippen LogP contribution in [0.4, 0.5) is 6.01 Å². The van der Waals surface area contributed by atoms with Gasteiger partial charge < -0.3 is 14.6 Å². The van der Waals surface area contributed by atoms with Crippen molar-refractivity contribution in [3.63, 3.8) is 0 Å². The fourth-order valence-corrected chi connectivity index (χ4v) is 2.36. The number of oxazole rings is 1. The van der Waals surface area contributed by atoms with E-state index in [0.29, 0.717) is 0 Å². The minimum atomic E-state index is 0.180. The van der Waals surface area contributed by atoms with Gasteiger partial charge in [-0.3, -0.25) is 0 Å². The van der Waals surface area contributed by atoms with Gasteiger partial charge in [-0.2, -0.15) is 4.98 Å². The molecule has 1 fully saturated rings. The van der Waals surface area contributed by atoms with Crippen molar-refractivity contribution in [2.24, 2.45) is 0 Å². The molecule has 4 heteroatoms. The maximum atomic E-state index is 5.59. The summed E-state index contributed by atoms with van der Waals surface area (Å²) in [6, 6.07) is 0.779. The minimum Gasteiger partial charge on any atom is -0.432 e. The van der Waals surface area contributed by atoms with Crippen LogP contribution >= 0.6 is 0 Å². The zero-order valence-corrected chi connectivity index (χ0v) is 11.1. The quantitative estimate of drug-likeness (QED) is 0.799. The van der Waals surface area contributed by atoms with Gasteiger partial charge in [0, 0.05) is 18.6 Å². The molecule has 1 aliphatic rings. The smallest absolute Gasteiger partial charge is 0.297 e. The molecule has 1 N–H and O–H groups in total. The van der Waals surface area contributed by atoms with Crippen LogP contribution in [0, 0.1) is 0 Å². The molecular formula is C13H23N3O. The summed E-state index contributed by atoms with van der Waals surface area (Å²) < 4.78 is 5.59. The molecular weight excluding hydrogens is 214 g/mol. The second kappa shape index (κ2) is 5.08. The highest BCUT2D eigenvalue weighted by molar-refractivity contribution is 5.34. The third-order valence-electron chi connectivity index (χ3n) is 3.40. The largest absolute Gasteiger partial charge is 0.432 e. The van der Waals surface area contributed by atoms with Gasteiger partial charge in [-0.25, -0.2) is 0 Å². The zero-order valence-electron chi connectivity index (χ0n) is 11.1. The predicted octanol–water partition coefficient (Wildman–Crippen LogP) is 2.55. The van der Waals surface area contributed by atoms with Crippen molar-refractivity contribution in [2.45, 2.75) is 52.1 Å². The molecule has 0 bridgehead atoms. The molecule has 0 amide bonds. The van der Waals surface area contributed by atoms with Crippen LogP contribution in [0.25, 0.3) is 0 Å². The minimum absolute atomic E-state index is 0.180. The molecule has 0 aliphatic carbocycles. The van der Waals surface area contributed by atoms with E-state index in [1.807, 2.05) is 0 Å². The van der Waals surface area contributed by atoms with Gasteiger partial charge >= 0.3 is 0 Å². The van der Waals surface area contributed by atoms with Crippen LogP contribution < -0.4 is 10.2 Å². The van der Waals surface area contributed by atoms with Crippen molar-refractivity contribution in [2.75, 3.05) is 18.0 Å². The Morgan fingerprint density at radius 1 is 1.53 bits per heavy atom. The number of anilines is 1. The maximum Gasteiger partial charge on any atom is 0.297 e. The molecule has 0 spiro atoms. The Balaban J connectivity index is 1.98. The molecule has 2 rings (SSSR count). The molecule has 0 saturated carbocycles. The van der Waals surface area contributed by atoms with Crippen molar-refractivity contribution >= 4 is 6.01 Å². The molecule has 1 aliphatic heterocycles. The van der Waals surface area contributed by atoms with Crippen molar-refractivity contribution in [3.8, 4) is 0 Å². The summed E-state index contributed by atoms with van der Waals surface area (Å²) in [6.07, 6.45) is 5.34. The number of nitrogens with zero attached hydrogens (tertiary/aromatic N) is 2. The lowest BCUT2D eigenvalue weighted by Crippen LogP contribution is -2.38. The van der Waals surface area contributed by atoms with E-state index in [2.05, 4.69) is 36.0 Å². The fourth-order valence-electron chi connectivity index (χ4n) is 2.36. The van der Waals surface area contributed by atoms with E-state index < -0.39 is 0 Å². The molecule has 1 saturated heterocycles. The third kappa shape index (κ3) is 2.80. The van der Waals surface area contributed by atoms with E-state index in [0.717, 1.165) is 37.8 Å². The lowest BCUT2D eigenvalue weighted by molar-refractivity contribution is 0.458. The van der Waals surface area contributed by atoms with E-state index in [1.165, 1.54) is 12.8 Å². The highest BCUT2D eigenvalue weighted by atomic mass is 16.4. The summed E-state index contributed by atoms with van der Waals surface area (Å²) in [5, 5.41) is 3.33. The fraction of sp³-hybridized carbons (Fsp3) is 0.769. The van der Waals surface area contributed by atoms with E-state index >= 15 is 0 Å². The summed E-state index contributed by atoms with van der Waals surface area (Å²) in [5.74, 6) is 0. The number of nitrogens with one attached hydrogen (secondary N) is 1. The molecule has 2 heterocycles. The van der Waals surface area contributed by atoms with Crippen LogP contribution in [0.3, 0.4) is 0 Å². The van der Waals surface area contributed by atoms with E-state index in [9.17, 15) is 0 Å². The molecule has 1 aromatic rings. The maximum absolute atomic E-state index is 5.59. The first-order valence-corrected chi connectivity index (χ1v) is 6.56. The van der Waals surface area contributed by atoms with Gasteiger partial charge in [-0.05, 0) is 39.7 Å². The van der Waals surface area contributed by atoms with E-state index in [4.69, 9.17) is 4.42 Å². The van der Waals surface area contributed by atoms with Gasteiger partial charge in [-0.1, -0.05) is 6.92 Å². The van der Waals surface area contributed by atoms with Crippen molar-refractivity contribution in [3.05, 3.63) is 12.0 Å². The van der Waals surface area contributed by atoms with Crippen molar-refractivity contribution < 1.29 is 4.42 Å². The van der Waals surface area contributed by atoms with Crippen molar-refractivity contribution in [1.29, 1.82) is 0 Å². The highest BCUT2D eigenvalue weighted by Gasteiger charge is 2.34. The Labute approximate surface area is 103 Å². The SMILES string of the molecule is CCCNCc1coc(N2CCCC2(C)C)n1. The molecule has 4 nitrogen and oxygen atoms in total. The van der Waals surface area contributed by atoms with Gasteiger partial charge in [0.1, 0.15) is 6.26 Å². The van der Waals surface area contributed by atoms with Crippen LogP contribution in [-0.2, 0) is 6.54 Å². The molecule has 96 valence electrons. The second-order valence-electron chi connectivity index (χ2n) is 5.37. The van der Waals surface area contributed by atoms with Gasteiger partial charge in [0.15, 0.2) is 0 Å². The molecule has 0 unspecified atom stereocenters. The van der Waals surface area contributed by atoms with E-state index in [-0.39, 0.29) is 5.54 Å². The summed E-state index contributed by atoms with van der Waals surface area (Å²) in [4.78, 5) is 6.83. The molecule has 0 radical (unpaired) electrons. The third-order valence-corrected chi connectivity index (χ3v) is 3.40. The summed E-state index contributed by atoms with van der Waals surface area (Å²) in [6.45, 7) is 9.53. The Kier molecular flexibility index (Phi) is 3.72. The molecule has 0 atom stereocenters. The van der Waals surface area contributed by atoms with Crippen LogP contribution in [0.1, 0.15) is 45.7 Å². The Morgan fingerprint density at radius 2 is 2.35 bits per heavy atom. The zero-order chi connectivity index (χ0) is 12.3. The highest BCUT2D eigenvalue weighted by Crippen LogP contribution is 2.32. The average molecular weight is 237 g/mol. The summed E-state index contributed by atoms with van der Waals surface area (Å²) >= 11 is 0. The topological polar surface area (TPSA) is 41.3 Å². The molecule has 0 aromatic carbocycles. The second-order valence-corrected chi connectivity index (χ2v) is 5.37. The number of hydrogen-bond acceptors (Lipinski definition) is 4. The van der Waals surface area contributed by atoms with Crippen LogP contribution in [-0.4, -0.2) is 23.6 Å². The van der Waals surface area contributed by atoms with Crippen LogP contribution in [0.2, 0.25) is 0 Å². The monoisotopic (exact) mass is 237 g/mol. The molecule has 1 aromatic heterocycles. The van der Waals surface area contributed by atoms with Gasteiger partial charge in [0.2, 0.25) is 0 Å². The Bertz CT molecular complexity index is 359. The lowest BCUT2D eigenvalue weighted by Gasteiger charge is -2.29. The first-order valence-electron chi connectivity index (χ1n) is 6.56. The summed E-state index contributed by atoms with van der Waals surface area (Å²) in [7, 11) is 0. The summed E-state index contributed by atoms with van der Waals surface area (Å²) in [5.41, 5.74) is 1.18.